The van der Waals surface area contributed by atoms with E-state index in [0.29, 0.717) is 5.56 Å². The molecule has 8 nitrogen and oxygen atoms in total. The molecule has 0 aliphatic carbocycles. The third-order valence-electron chi connectivity index (χ3n) is 1.97. The second-order valence-corrected chi connectivity index (χ2v) is 3.14. The molecule has 0 radical (unpaired) electrons. The van der Waals surface area contributed by atoms with E-state index in [2.05, 4.69) is 14.8 Å². The largest absolute Gasteiger partial charge is 0.475 e. The highest BCUT2D eigenvalue weighted by molar-refractivity contribution is 5.73. The number of hydrogen-bond acceptors (Lipinski definition) is 6. The van der Waals surface area contributed by atoms with Crippen molar-refractivity contribution in [3.63, 3.8) is 0 Å². The van der Waals surface area contributed by atoms with Crippen LogP contribution in [0.15, 0.2) is 29.3 Å². The second kappa shape index (κ2) is 6.24. The van der Waals surface area contributed by atoms with Crippen LogP contribution in [0.1, 0.15) is 18.6 Å². The minimum Gasteiger partial charge on any atom is -0.272 e. The zero-order chi connectivity index (χ0) is 13.5. The maximum atomic E-state index is 10.7. The van der Waals surface area contributed by atoms with Crippen molar-refractivity contribution in [2.75, 3.05) is 0 Å². The lowest BCUT2D eigenvalue weighted by atomic mass is 10.1. The first-order valence-electron chi connectivity index (χ1n) is 4.74. The van der Waals surface area contributed by atoms with Gasteiger partial charge in [0.2, 0.25) is 6.08 Å². The lowest BCUT2D eigenvalue weighted by molar-refractivity contribution is -0.384. The fourth-order valence-corrected chi connectivity index (χ4v) is 1.09. The normalized spacial score (nSPS) is 11.2. The van der Waals surface area contributed by atoms with Crippen molar-refractivity contribution in [3.05, 3.63) is 39.9 Å². The first-order chi connectivity index (χ1) is 8.54. The summed E-state index contributed by atoms with van der Waals surface area (Å²) in [6.07, 6.45) is -0.883. The zero-order valence-electron chi connectivity index (χ0n) is 9.23. The molecule has 0 heterocycles. The summed E-state index contributed by atoms with van der Waals surface area (Å²) >= 11 is 0. The van der Waals surface area contributed by atoms with Crippen LogP contribution in [0.5, 0.6) is 0 Å². The van der Waals surface area contributed by atoms with Crippen LogP contribution in [0.25, 0.3) is 0 Å². The maximum absolute atomic E-state index is 10.7. The number of isocyanates is 1. The number of amides is 1. The second-order valence-electron chi connectivity index (χ2n) is 3.14. The Labute approximate surface area is 101 Å². The van der Waals surface area contributed by atoms with E-state index in [1.54, 1.807) is 6.92 Å². The Morgan fingerprint density at radius 1 is 1.44 bits per heavy atom. The number of benzene rings is 1. The average Bonchev–Trinajstić information content (AvgIpc) is 2.36. The Kier molecular flexibility index (Phi) is 4.67. The van der Waals surface area contributed by atoms with Crippen molar-refractivity contribution in [2.24, 2.45) is 4.99 Å². The van der Waals surface area contributed by atoms with Crippen LogP contribution < -0.4 is 0 Å². The fraction of sp³-hybridized carbons (Fsp3) is 0.200. The van der Waals surface area contributed by atoms with Crippen molar-refractivity contribution < 1.29 is 24.3 Å². The summed E-state index contributed by atoms with van der Waals surface area (Å²) in [5.74, 6) is 0. The van der Waals surface area contributed by atoms with Gasteiger partial charge in [-0.05, 0) is 24.6 Å². The molecule has 0 aliphatic rings. The van der Waals surface area contributed by atoms with Crippen LogP contribution in [-0.4, -0.2) is 17.1 Å². The number of nitro benzene ring substituents is 1. The molecule has 0 aliphatic heterocycles. The predicted octanol–water partition coefficient (Wildman–Crippen LogP) is 2.06. The lowest BCUT2D eigenvalue weighted by Crippen LogP contribution is -2.05. The quantitative estimate of drug-likeness (QED) is 0.267. The van der Waals surface area contributed by atoms with E-state index >= 15 is 0 Å². The van der Waals surface area contributed by atoms with E-state index in [1.807, 2.05) is 0 Å². The van der Waals surface area contributed by atoms with Crippen molar-refractivity contribution in [2.45, 2.75) is 13.0 Å². The molecule has 0 bridgehead atoms. The fourth-order valence-electron chi connectivity index (χ4n) is 1.09. The molecule has 8 heteroatoms. The summed E-state index contributed by atoms with van der Waals surface area (Å²) in [7, 11) is 0. The molecule has 94 valence electrons. The smallest absolute Gasteiger partial charge is 0.272 e. The van der Waals surface area contributed by atoms with Crippen LogP contribution in [0.3, 0.4) is 0 Å². The highest BCUT2D eigenvalue weighted by atomic mass is 17.2. The zero-order valence-corrected chi connectivity index (χ0v) is 9.23. The van der Waals surface area contributed by atoms with E-state index in [0.717, 1.165) is 6.08 Å². The molecule has 1 rings (SSSR count). The van der Waals surface area contributed by atoms with E-state index in [1.165, 1.54) is 24.3 Å². The van der Waals surface area contributed by atoms with Gasteiger partial charge in [0.15, 0.2) is 0 Å². The number of carbonyl (C=O) groups excluding carboxylic acids is 2. The molecule has 0 saturated heterocycles. The molecule has 1 unspecified atom stereocenters. The number of hydrogen-bond donors (Lipinski definition) is 0. The summed E-state index contributed by atoms with van der Waals surface area (Å²) in [5.41, 5.74) is 0.497. The number of aliphatic imine (C=N–C) groups is 1. The first kappa shape index (κ1) is 13.5. The van der Waals surface area contributed by atoms with Crippen LogP contribution in [0, 0.1) is 10.1 Å². The summed E-state index contributed by atoms with van der Waals surface area (Å²) in [6, 6.07) is 5.50. The minimum atomic E-state index is -1.22. The van der Waals surface area contributed by atoms with Gasteiger partial charge in [-0.3, -0.25) is 15.0 Å². The number of non-ortho nitro benzene ring substituents is 1. The summed E-state index contributed by atoms with van der Waals surface area (Å²) in [4.78, 5) is 41.7. The Morgan fingerprint density at radius 2 is 2.06 bits per heavy atom. The average molecular weight is 252 g/mol. The first-order valence-corrected chi connectivity index (χ1v) is 4.74. The number of rotatable bonds is 4. The molecular weight excluding hydrogens is 244 g/mol. The standard InChI is InChI=1S/C10H8N2O6/c1-7(17-18-10(14)11-6-13)8-2-4-9(5-3-8)12(15)16/h2-5,7H,1H3. The molecule has 0 fully saturated rings. The Bertz CT molecular complexity index is 492. The van der Waals surface area contributed by atoms with Gasteiger partial charge in [-0.2, -0.15) is 4.89 Å². The SMILES string of the molecule is CC(OOC(=O)N=C=O)c1ccc([N+](=O)[O-])cc1. The van der Waals surface area contributed by atoms with Gasteiger partial charge in [-0.25, -0.2) is 9.59 Å². The monoisotopic (exact) mass is 252 g/mol. The summed E-state index contributed by atoms with van der Waals surface area (Å²) in [5, 5.41) is 10.4. The number of nitro groups is 1. The Morgan fingerprint density at radius 3 is 2.56 bits per heavy atom. The predicted molar refractivity (Wildman–Crippen MR) is 57.2 cm³/mol. The molecule has 0 saturated carbocycles. The van der Waals surface area contributed by atoms with Crippen molar-refractivity contribution in [1.29, 1.82) is 0 Å². The highest BCUT2D eigenvalue weighted by Gasteiger charge is 2.12. The van der Waals surface area contributed by atoms with Gasteiger partial charge in [0.05, 0.1) is 4.92 Å². The molecule has 18 heavy (non-hydrogen) atoms. The van der Waals surface area contributed by atoms with Gasteiger partial charge in [0, 0.05) is 12.1 Å². The van der Waals surface area contributed by atoms with E-state index in [9.17, 15) is 19.7 Å². The highest BCUT2D eigenvalue weighted by Crippen LogP contribution is 2.20. The third-order valence-corrected chi connectivity index (χ3v) is 1.97. The van der Waals surface area contributed by atoms with Crippen LogP contribution in [0.4, 0.5) is 10.5 Å². The Hall–Kier alpha value is -2.57. The van der Waals surface area contributed by atoms with Gasteiger partial charge in [0.25, 0.3) is 5.69 Å². The third kappa shape index (κ3) is 3.78. The van der Waals surface area contributed by atoms with Crippen LogP contribution >= 0.6 is 0 Å². The van der Waals surface area contributed by atoms with Gasteiger partial charge in [0.1, 0.15) is 6.10 Å². The molecule has 1 atom stereocenters. The maximum Gasteiger partial charge on any atom is 0.475 e. The van der Waals surface area contributed by atoms with E-state index in [4.69, 9.17) is 0 Å². The van der Waals surface area contributed by atoms with Gasteiger partial charge in [-0.1, -0.05) is 4.99 Å². The Balaban J connectivity index is 2.61. The van der Waals surface area contributed by atoms with Crippen molar-refractivity contribution >= 4 is 17.9 Å². The van der Waals surface area contributed by atoms with Crippen molar-refractivity contribution in [1.82, 2.24) is 0 Å². The van der Waals surface area contributed by atoms with Gasteiger partial charge in [-0.15, -0.1) is 0 Å². The molecule has 1 amide bonds. The minimum absolute atomic E-state index is 0.0616. The summed E-state index contributed by atoms with van der Waals surface area (Å²) in [6.45, 7) is 1.55. The number of carbonyl (C=O) groups is 1. The molecule has 0 N–H and O–H groups in total. The van der Waals surface area contributed by atoms with E-state index in [-0.39, 0.29) is 5.69 Å². The lowest BCUT2D eigenvalue weighted by Gasteiger charge is -2.09. The van der Waals surface area contributed by atoms with Gasteiger partial charge < -0.3 is 0 Å². The molecule has 0 aromatic heterocycles. The topological polar surface area (TPSA) is 108 Å². The molecule has 1 aromatic carbocycles. The molecule has 1 aromatic rings. The van der Waals surface area contributed by atoms with Gasteiger partial charge >= 0.3 is 6.09 Å². The van der Waals surface area contributed by atoms with Crippen LogP contribution in [-0.2, 0) is 14.6 Å². The van der Waals surface area contributed by atoms with Crippen molar-refractivity contribution in [3.8, 4) is 0 Å². The summed E-state index contributed by atoms with van der Waals surface area (Å²) < 4.78 is 0. The van der Waals surface area contributed by atoms with Crippen LogP contribution in [0.2, 0.25) is 0 Å². The molecule has 0 spiro atoms. The molecular formula is C10H8N2O6. The number of nitrogens with zero attached hydrogens (tertiary/aromatic N) is 2. The van der Waals surface area contributed by atoms with E-state index < -0.39 is 17.1 Å².